The van der Waals surface area contributed by atoms with E-state index in [2.05, 4.69) is 15.0 Å². The summed E-state index contributed by atoms with van der Waals surface area (Å²) < 4.78 is 4.67. The smallest absolute Gasteiger partial charge is 0.545 e. The molecule has 5 N–H and O–H groups in total. The summed E-state index contributed by atoms with van der Waals surface area (Å²) in [5, 5.41) is 25.8. The maximum atomic E-state index is 13.4. The van der Waals surface area contributed by atoms with Crippen LogP contribution in [0, 0.1) is 0 Å². The molecular weight excluding hydrogens is 592 g/mol. The van der Waals surface area contributed by atoms with Crippen LogP contribution >= 0.6 is 34.9 Å². The number of nitrogen functional groups attached to an aromatic ring is 1. The summed E-state index contributed by atoms with van der Waals surface area (Å²) >= 11 is 3.12. The number of hydrogen-bond acceptors (Lipinski definition) is 13. The number of ether oxygens (including phenoxy) is 1. The number of nitrogens with two attached hydrogens (primary N) is 2. The van der Waals surface area contributed by atoms with Crippen LogP contribution < -0.4 is 86.1 Å². The minimum atomic E-state index is -1.64. The average Bonchev–Trinajstić information content (AvgIpc) is 3.29. The molecule has 0 spiro atoms. The summed E-state index contributed by atoms with van der Waals surface area (Å²) in [4.78, 5) is 65.8. The normalized spacial score (nSPS) is 18.5. The number of thioether (sulfide) groups is 2. The second-order valence-electron chi connectivity index (χ2n) is 7.64. The zero-order valence-corrected chi connectivity index (χ0v) is 27.0. The number of nitrogens with zero attached hydrogens (tertiary/aromatic N) is 2. The van der Waals surface area contributed by atoms with Gasteiger partial charge in [0.1, 0.15) is 23.3 Å². The van der Waals surface area contributed by atoms with E-state index in [1.165, 1.54) is 18.2 Å². The predicted molar refractivity (Wildman–Crippen MR) is 128 cm³/mol. The summed E-state index contributed by atoms with van der Waals surface area (Å²) in [7, 11) is 0. The van der Waals surface area contributed by atoms with Gasteiger partial charge in [0, 0.05) is 27.2 Å². The molecule has 3 amide bonds. The van der Waals surface area contributed by atoms with Gasteiger partial charge in [0.05, 0.1) is 23.3 Å². The Kier molecular flexibility index (Phi) is 12.2. The van der Waals surface area contributed by atoms with Crippen LogP contribution in [0.4, 0.5) is 9.93 Å². The van der Waals surface area contributed by atoms with E-state index in [-0.39, 0.29) is 91.7 Å². The number of aromatic carboxylic acids is 1. The molecule has 0 radical (unpaired) electrons. The molecule has 3 atom stereocenters. The van der Waals surface area contributed by atoms with Crippen molar-refractivity contribution in [3.8, 4) is 0 Å². The number of carbonyl (C=O) groups is 5. The van der Waals surface area contributed by atoms with E-state index in [0.29, 0.717) is 0 Å². The van der Waals surface area contributed by atoms with Crippen molar-refractivity contribution in [3.63, 3.8) is 0 Å². The quantitative estimate of drug-likeness (QED) is 0.137. The molecule has 1 aromatic carbocycles. The zero-order valence-electron chi connectivity index (χ0n) is 20.6. The van der Waals surface area contributed by atoms with Gasteiger partial charge < -0.3 is 41.3 Å². The van der Waals surface area contributed by atoms with Crippen molar-refractivity contribution in [2.24, 2.45) is 5.73 Å². The molecule has 1 saturated heterocycles. The van der Waals surface area contributed by atoms with Crippen LogP contribution in [0.1, 0.15) is 21.3 Å². The number of benzene rings is 1. The molecule has 3 heterocycles. The first-order valence-corrected chi connectivity index (χ1v) is 13.2. The van der Waals surface area contributed by atoms with Crippen LogP contribution in [0.2, 0.25) is 0 Å². The minimum Gasteiger partial charge on any atom is -0.545 e. The first kappa shape index (κ1) is 33.4. The fourth-order valence-corrected chi connectivity index (χ4v) is 6.81. The number of aromatic nitrogens is 1. The Morgan fingerprint density at radius 1 is 1.21 bits per heavy atom. The molecule has 2 aromatic rings. The summed E-state index contributed by atoms with van der Waals surface area (Å²) in [6.07, 6.45) is -1.11. The Bertz CT molecular complexity index is 1340. The Hall–Kier alpha value is -1.76. The van der Waals surface area contributed by atoms with Gasteiger partial charge in [-0.25, -0.2) is 9.78 Å². The SMILES string of the molecule is NC(=O)OCC1=C(C(=O)[O-])N2C(=O)C(NC(=O)C(Sc3ccccc3C(=O)[O-])c3csc(N)n3)[C@@H]2SC1.[Na+].[Na+]. The van der Waals surface area contributed by atoms with Crippen LogP contribution in [0.5, 0.6) is 0 Å². The number of anilines is 1. The van der Waals surface area contributed by atoms with Gasteiger partial charge in [-0.15, -0.1) is 34.9 Å². The molecule has 4 rings (SSSR count). The second-order valence-corrected chi connectivity index (χ2v) is 10.8. The zero-order chi connectivity index (χ0) is 26.9. The van der Waals surface area contributed by atoms with Crippen molar-refractivity contribution in [2.75, 3.05) is 18.1 Å². The molecule has 194 valence electrons. The molecule has 1 fully saturated rings. The number of rotatable bonds is 9. The molecule has 0 bridgehead atoms. The Labute approximate surface area is 278 Å². The predicted octanol–water partition coefficient (Wildman–Crippen LogP) is -7.57. The number of carboxylic acid groups (broad SMARTS) is 2. The van der Waals surface area contributed by atoms with Crippen molar-refractivity contribution in [3.05, 3.63) is 52.2 Å². The third-order valence-corrected chi connectivity index (χ3v) is 8.66. The second kappa shape index (κ2) is 14.2. The maximum absolute atomic E-state index is 13.4. The van der Waals surface area contributed by atoms with E-state index in [4.69, 9.17) is 11.5 Å². The van der Waals surface area contributed by atoms with E-state index < -0.39 is 58.8 Å². The van der Waals surface area contributed by atoms with Gasteiger partial charge in [0.25, 0.3) is 5.91 Å². The Morgan fingerprint density at radius 3 is 2.49 bits per heavy atom. The van der Waals surface area contributed by atoms with Crippen LogP contribution in [0.3, 0.4) is 0 Å². The molecule has 2 unspecified atom stereocenters. The minimum absolute atomic E-state index is 0. The summed E-state index contributed by atoms with van der Waals surface area (Å²) in [5.74, 6) is -4.36. The van der Waals surface area contributed by atoms with Crippen molar-refractivity contribution in [1.82, 2.24) is 15.2 Å². The number of carboxylic acids is 2. The fourth-order valence-electron chi connectivity index (χ4n) is 3.70. The molecule has 18 heteroatoms. The molecule has 0 saturated carbocycles. The fraction of sp³-hybridized carbons (Fsp3) is 0.238. The van der Waals surface area contributed by atoms with Crippen molar-refractivity contribution >= 4 is 69.8 Å². The molecule has 13 nitrogen and oxygen atoms in total. The number of thiazole rings is 1. The number of carbonyl (C=O) groups excluding carboxylic acids is 5. The monoisotopic (exact) mass is 609 g/mol. The van der Waals surface area contributed by atoms with E-state index >= 15 is 0 Å². The number of nitrogens with one attached hydrogen (secondary N) is 1. The molecule has 0 aliphatic carbocycles. The van der Waals surface area contributed by atoms with Gasteiger partial charge in [0.15, 0.2) is 5.13 Å². The summed E-state index contributed by atoms with van der Waals surface area (Å²) in [5.41, 5.74) is 10.5. The van der Waals surface area contributed by atoms with Crippen LogP contribution in [-0.2, 0) is 19.1 Å². The molecule has 1 aromatic heterocycles. The van der Waals surface area contributed by atoms with Crippen LogP contribution in [0.15, 0.2) is 45.8 Å². The number of β-lactam (4-membered cyclic amide) rings is 1. The third-order valence-electron chi connectivity index (χ3n) is 5.33. The number of amides is 3. The average molecular weight is 610 g/mol. The number of fused-ring (bicyclic) bond motifs is 1. The maximum Gasteiger partial charge on any atom is 1.00 e. The number of primary amides is 1. The van der Waals surface area contributed by atoms with Crippen molar-refractivity contribution in [1.29, 1.82) is 0 Å². The standard InChI is InChI=1S/C21H19N5O8S3.2Na/c22-20-24-10(7-36-20)14(37-11-4-2-1-3-9(11)18(29)30)15(27)25-12-16(28)26-13(19(31)32)8(5-34-21(23)33)6-35-17(12)26;;/h1-4,7,12,14,17H,5-6H2,(H2,22,24)(H2,23,33)(H,25,27)(H,29,30)(H,31,32);;/q;2*+1/p-2/t12?,14?,17-;;/m0../s1. The molecular formula is C21H17N5Na2O8S3. The van der Waals surface area contributed by atoms with Gasteiger partial charge in [-0.1, -0.05) is 18.2 Å². The van der Waals surface area contributed by atoms with Crippen molar-refractivity contribution < 1.29 is 98.0 Å². The number of aliphatic carboxylic acids is 1. The van der Waals surface area contributed by atoms with E-state index in [1.807, 2.05) is 0 Å². The van der Waals surface area contributed by atoms with Gasteiger partial charge >= 0.3 is 65.2 Å². The Balaban J connectivity index is 0.00000267. The van der Waals surface area contributed by atoms with Crippen molar-refractivity contribution in [2.45, 2.75) is 21.6 Å². The largest absolute Gasteiger partial charge is 1.00 e. The third kappa shape index (κ3) is 7.31. The number of hydrogen-bond donors (Lipinski definition) is 3. The first-order valence-electron chi connectivity index (χ1n) is 10.4. The van der Waals surface area contributed by atoms with Crippen LogP contribution in [0.25, 0.3) is 0 Å². The van der Waals surface area contributed by atoms with Gasteiger partial charge in [-0.3, -0.25) is 14.5 Å². The summed E-state index contributed by atoms with van der Waals surface area (Å²) in [6.45, 7) is -0.430. The van der Waals surface area contributed by atoms with E-state index in [9.17, 15) is 34.2 Å². The topological polar surface area (TPSA) is 221 Å². The van der Waals surface area contributed by atoms with E-state index in [0.717, 1.165) is 39.8 Å². The van der Waals surface area contributed by atoms with Crippen LogP contribution in [-0.4, -0.2) is 63.5 Å². The summed E-state index contributed by atoms with van der Waals surface area (Å²) in [6, 6.07) is 4.87. The van der Waals surface area contributed by atoms with E-state index in [1.54, 1.807) is 11.4 Å². The molecule has 2 aliphatic heterocycles. The molecule has 2 aliphatic rings. The first-order chi connectivity index (χ1) is 17.6. The van der Waals surface area contributed by atoms with Gasteiger partial charge in [0.2, 0.25) is 5.91 Å². The van der Waals surface area contributed by atoms with Gasteiger partial charge in [-0.2, -0.15) is 0 Å². The molecule has 39 heavy (non-hydrogen) atoms. The Morgan fingerprint density at radius 2 is 1.90 bits per heavy atom. The van der Waals surface area contributed by atoms with Gasteiger partial charge in [-0.05, 0) is 6.07 Å².